The lowest BCUT2D eigenvalue weighted by Crippen LogP contribution is -2.37. The Hall–Kier alpha value is -1.55. The number of benzene rings is 1. The van der Waals surface area contributed by atoms with Crippen LogP contribution in [0.5, 0.6) is 5.75 Å². The first kappa shape index (κ1) is 15.8. The molecular weight excluding hydrogens is 264 g/mol. The fourth-order valence-corrected chi connectivity index (χ4v) is 3.00. The van der Waals surface area contributed by atoms with Crippen LogP contribution < -0.4 is 10.5 Å². The molecule has 1 fully saturated rings. The van der Waals surface area contributed by atoms with Gasteiger partial charge >= 0.3 is 0 Å². The summed E-state index contributed by atoms with van der Waals surface area (Å²) >= 11 is 0. The van der Waals surface area contributed by atoms with E-state index in [1.807, 2.05) is 31.3 Å². The number of methoxy groups -OCH3 is 1. The van der Waals surface area contributed by atoms with Crippen molar-refractivity contribution in [2.45, 2.75) is 44.7 Å². The smallest absolute Gasteiger partial charge is 0.222 e. The molecule has 4 nitrogen and oxygen atoms in total. The first-order chi connectivity index (χ1) is 10.1. The molecule has 1 saturated carbocycles. The third-order valence-electron chi connectivity index (χ3n) is 4.38. The molecule has 1 aromatic carbocycles. The molecule has 2 atom stereocenters. The largest absolute Gasteiger partial charge is 0.497 e. The van der Waals surface area contributed by atoms with Gasteiger partial charge in [-0.15, -0.1) is 0 Å². The van der Waals surface area contributed by atoms with Crippen LogP contribution in [0.3, 0.4) is 0 Å². The molecule has 2 rings (SSSR count). The molecule has 1 aromatic rings. The van der Waals surface area contributed by atoms with Crippen molar-refractivity contribution in [1.29, 1.82) is 0 Å². The van der Waals surface area contributed by atoms with Crippen molar-refractivity contribution in [3.63, 3.8) is 0 Å². The monoisotopic (exact) mass is 290 g/mol. The maximum absolute atomic E-state index is 12.4. The van der Waals surface area contributed by atoms with Crippen molar-refractivity contribution in [2.24, 2.45) is 11.7 Å². The number of amides is 1. The third kappa shape index (κ3) is 4.46. The highest BCUT2D eigenvalue weighted by Crippen LogP contribution is 2.26. The summed E-state index contributed by atoms with van der Waals surface area (Å²) in [5, 5.41) is 0. The van der Waals surface area contributed by atoms with Gasteiger partial charge in [0.15, 0.2) is 0 Å². The van der Waals surface area contributed by atoms with Crippen molar-refractivity contribution in [2.75, 3.05) is 14.2 Å². The fraction of sp³-hybridized carbons (Fsp3) is 0.588. The van der Waals surface area contributed by atoms with Crippen LogP contribution in [0, 0.1) is 5.92 Å². The van der Waals surface area contributed by atoms with Crippen LogP contribution in [0.1, 0.15) is 37.7 Å². The molecule has 0 heterocycles. The first-order valence-corrected chi connectivity index (χ1v) is 7.72. The minimum absolute atomic E-state index is 0.181. The lowest BCUT2D eigenvalue weighted by Gasteiger charge is -2.29. The lowest BCUT2D eigenvalue weighted by molar-refractivity contribution is -0.131. The molecule has 0 radical (unpaired) electrons. The molecule has 0 saturated heterocycles. The van der Waals surface area contributed by atoms with Gasteiger partial charge in [-0.1, -0.05) is 25.0 Å². The Labute approximate surface area is 127 Å². The van der Waals surface area contributed by atoms with Gasteiger partial charge in [-0.05, 0) is 36.5 Å². The van der Waals surface area contributed by atoms with E-state index in [4.69, 9.17) is 10.5 Å². The van der Waals surface area contributed by atoms with E-state index < -0.39 is 0 Å². The Balaban J connectivity index is 1.89. The summed E-state index contributed by atoms with van der Waals surface area (Å²) in [7, 11) is 3.51. The van der Waals surface area contributed by atoms with Gasteiger partial charge in [-0.3, -0.25) is 4.79 Å². The molecule has 0 aromatic heterocycles. The summed E-state index contributed by atoms with van der Waals surface area (Å²) in [5.41, 5.74) is 7.21. The average Bonchev–Trinajstić information content (AvgIpc) is 2.49. The molecule has 0 bridgehead atoms. The van der Waals surface area contributed by atoms with Gasteiger partial charge in [-0.2, -0.15) is 0 Å². The van der Waals surface area contributed by atoms with Gasteiger partial charge in [-0.25, -0.2) is 0 Å². The Bertz CT molecular complexity index is 476. The number of carbonyl (C=O) groups excluding carboxylic acids is 1. The highest BCUT2D eigenvalue weighted by Gasteiger charge is 2.25. The van der Waals surface area contributed by atoms with E-state index in [1.165, 1.54) is 12.8 Å². The van der Waals surface area contributed by atoms with Gasteiger partial charge in [0.1, 0.15) is 5.75 Å². The van der Waals surface area contributed by atoms with Crippen molar-refractivity contribution in [3.05, 3.63) is 29.8 Å². The molecule has 1 amide bonds. The van der Waals surface area contributed by atoms with E-state index >= 15 is 0 Å². The summed E-state index contributed by atoms with van der Waals surface area (Å²) in [4.78, 5) is 14.1. The van der Waals surface area contributed by atoms with E-state index in [9.17, 15) is 4.79 Å². The Morgan fingerprint density at radius 1 is 1.38 bits per heavy atom. The predicted octanol–water partition coefficient (Wildman–Crippen LogP) is 2.56. The summed E-state index contributed by atoms with van der Waals surface area (Å²) in [6, 6.07) is 8.03. The molecular formula is C17H26N2O2. The van der Waals surface area contributed by atoms with Crippen molar-refractivity contribution >= 4 is 5.91 Å². The first-order valence-electron chi connectivity index (χ1n) is 7.72. The Kier molecular flexibility index (Phi) is 5.62. The third-order valence-corrected chi connectivity index (χ3v) is 4.38. The zero-order valence-corrected chi connectivity index (χ0v) is 13.0. The van der Waals surface area contributed by atoms with Crippen LogP contribution in [0.4, 0.5) is 0 Å². The molecule has 4 heteroatoms. The minimum atomic E-state index is 0.181. The van der Waals surface area contributed by atoms with E-state index in [0.29, 0.717) is 18.9 Å². The fourth-order valence-electron chi connectivity index (χ4n) is 3.00. The molecule has 116 valence electrons. The highest BCUT2D eigenvalue weighted by atomic mass is 16.5. The number of nitrogens with two attached hydrogens (primary N) is 1. The van der Waals surface area contributed by atoms with E-state index in [1.54, 1.807) is 12.0 Å². The second-order valence-electron chi connectivity index (χ2n) is 6.01. The maximum atomic E-state index is 12.4. The van der Waals surface area contributed by atoms with E-state index in [-0.39, 0.29) is 11.9 Å². The van der Waals surface area contributed by atoms with Crippen molar-refractivity contribution in [1.82, 2.24) is 4.90 Å². The van der Waals surface area contributed by atoms with Crippen LogP contribution in [0.15, 0.2) is 24.3 Å². The number of carbonyl (C=O) groups is 1. The van der Waals surface area contributed by atoms with Crippen LogP contribution in [0.2, 0.25) is 0 Å². The van der Waals surface area contributed by atoms with Gasteiger partial charge in [0, 0.05) is 26.1 Å². The average molecular weight is 290 g/mol. The number of rotatable bonds is 5. The van der Waals surface area contributed by atoms with Gasteiger partial charge in [0.05, 0.1) is 7.11 Å². The molecule has 1 aliphatic carbocycles. The minimum Gasteiger partial charge on any atom is -0.497 e. The normalized spacial score (nSPS) is 21.9. The second kappa shape index (κ2) is 7.46. The molecule has 1 aliphatic rings. The molecule has 0 aliphatic heterocycles. The Morgan fingerprint density at radius 2 is 2.14 bits per heavy atom. The Morgan fingerprint density at radius 3 is 2.86 bits per heavy atom. The number of ether oxygens (including phenoxy) is 1. The number of hydrogen-bond acceptors (Lipinski definition) is 3. The van der Waals surface area contributed by atoms with Gasteiger partial charge in [0.2, 0.25) is 5.91 Å². The number of hydrogen-bond donors (Lipinski definition) is 1. The predicted molar refractivity (Wildman–Crippen MR) is 84.0 cm³/mol. The summed E-state index contributed by atoms with van der Waals surface area (Å²) in [6.07, 6.45) is 5.11. The SMILES string of the molecule is COc1cccc(CN(C)C(=O)CC2CCCCC2N)c1. The van der Waals surface area contributed by atoms with Crippen molar-refractivity contribution in [3.8, 4) is 5.75 Å². The molecule has 0 spiro atoms. The van der Waals surface area contributed by atoms with Crippen LogP contribution >= 0.6 is 0 Å². The lowest BCUT2D eigenvalue weighted by atomic mass is 9.83. The standard InChI is InChI=1S/C17H26N2O2/c1-19(12-13-6-5-8-15(10-13)21-2)17(20)11-14-7-3-4-9-16(14)18/h5-6,8,10,14,16H,3-4,7,9,11-12,18H2,1-2H3. The summed E-state index contributed by atoms with van der Waals surface area (Å²) < 4.78 is 5.21. The van der Waals surface area contributed by atoms with E-state index in [0.717, 1.165) is 24.2 Å². The summed E-state index contributed by atoms with van der Waals surface area (Å²) in [5.74, 6) is 1.35. The second-order valence-corrected chi connectivity index (χ2v) is 6.01. The zero-order valence-electron chi connectivity index (χ0n) is 13.0. The zero-order chi connectivity index (χ0) is 15.2. The van der Waals surface area contributed by atoms with Crippen LogP contribution in [0.25, 0.3) is 0 Å². The molecule has 21 heavy (non-hydrogen) atoms. The highest BCUT2D eigenvalue weighted by molar-refractivity contribution is 5.76. The van der Waals surface area contributed by atoms with Crippen LogP contribution in [-0.2, 0) is 11.3 Å². The molecule has 2 unspecified atom stereocenters. The number of nitrogens with zero attached hydrogens (tertiary/aromatic N) is 1. The summed E-state index contributed by atoms with van der Waals surface area (Å²) in [6.45, 7) is 0.609. The van der Waals surface area contributed by atoms with Crippen LogP contribution in [-0.4, -0.2) is 31.0 Å². The van der Waals surface area contributed by atoms with Gasteiger partial charge in [0.25, 0.3) is 0 Å². The maximum Gasteiger partial charge on any atom is 0.222 e. The van der Waals surface area contributed by atoms with E-state index in [2.05, 4.69) is 0 Å². The van der Waals surface area contributed by atoms with Crippen molar-refractivity contribution < 1.29 is 9.53 Å². The quantitative estimate of drug-likeness (QED) is 0.906. The topological polar surface area (TPSA) is 55.6 Å². The van der Waals surface area contributed by atoms with Gasteiger partial charge < -0.3 is 15.4 Å². The molecule has 2 N–H and O–H groups in total.